The molecule has 1 saturated heterocycles. The summed E-state index contributed by atoms with van der Waals surface area (Å²) in [5.41, 5.74) is 0.695. The third-order valence-electron chi connectivity index (χ3n) is 2.20. The fourth-order valence-corrected chi connectivity index (χ4v) is 1.38. The summed E-state index contributed by atoms with van der Waals surface area (Å²) in [5, 5.41) is 11.6. The van der Waals surface area contributed by atoms with E-state index in [2.05, 4.69) is 21.1 Å². The van der Waals surface area contributed by atoms with E-state index in [4.69, 9.17) is 4.52 Å². The molecule has 3 N–H and O–H groups in total. The Hall–Kier alpha value is -1.89. The molecule has 0 aliphatic carbocycles. The maximum absolute atomic E-state index is 11.7. The molecule has 2 amide bonds. The lowest BCUT2D eigenvalue weighted by Gasteiger charge is -2.22. The summed E-state index contributed by atoms with van der Waals surface area (Å²) in [5.74, 6) is -0.0584. The molecular formula is C9H12N4O3. The monoisotopic (exact) mass is 224 g/mol. The van der Waals surface area contributed by atoms with Crippen molar-refractivity contribution in [1.82, 2.24) is 15.8 Å². The summed E-state index contributed by atoms with van der Waals surface area (Å²) < 4.78 is 4.85. The van der Waals surface area contributed by atoms with E-state index >= 15 is 0 Å². The highest BCUT2D eigenvalue weighted by Crippen LogP contribution is 2.08. The summed E-state index contributed by atoms with van der Waals surface area (Å²) in [6.45, 7) is 2.18. The Morgan fingerprint density at radius 2 is 2.50 bits per heavy atom. The largest absolute Gasteiger partial charge is 0.353 e. The fourth-order valence-electron chi connectivity index (χ4n) is 1.38. The van der Waals surface area contributed by atoms with Crippen molar-refractivity contribution < 1.29 is 14.1 Å². The van der Waals surface area contributed by atoms with Gasteiger partial charge in [-0.1, -0.05) is 5.16 Å². The third kappa shape index (κ3) is 2.37. The topological polar surface area (TPSA) is 96.3 Å². The van der Waals surface area contributed by atoms with Crippen LogP contribution in [0.5, 0.6) is 0 Å². The predicted molar refractivity (Wildman–Crippen MR) is 54.7 cm³/mol. The van der Waals surface area contributed by atoms with Crippen molar-refractivity contribution in [3.63, 3.8) is 0 Å². The van der Waals surface area contributed by atoms with E-state index in [-0.39, 0.29) is 24.9 Å². The average molecular weight is 224 g/mol. The molecule has 1 aliphatic rings. The SMILES string of the molecule is Cc1cc(NC(=O)C2CNC(=O)CN2)on1. The normalized spacial score (nSPS) is 20.3. The Kier molecular flexibility index (Phi) is 2.86. The van der Waals surface area contributed by atoms with Gasteiger partial charge in [0.25, 0.3) is 0 Å². The molecule has 0 radical (unpaired) electrons. The van der Waals surface area contributed by atoms with Gasteiger partial charge in [-0.05, 0) is 6.92 Å². The van der Waals surface area contributed by atoms with E-state index in [1.165, 1.54) is 0 Å². The highest BCUT2D eigenvalue weighted by Gasteiger charge is 2.24. The molecule has 2 rings (SSSR count). The van der Waals surface area contributed by atoms with Crippen molar-refractivity contribution >= 4 is 17.7 Å². The maximum atomic E-state index is 11.7. The summed E-state index contributed by atoms with van der Waals surface area (Å²) in [7, 11) is 0. The molecule has 1 aromatic heterocycles. The van der Waals surface area contributed by atoms with Crippen molar-refractivity contribution in [1.29, 1.82) is 0 Å². The second-order valence-electron chi connectivity index (χ2n) is 3.56. The maximum Gasteiger partial charge on any atom is 0.245 e. The van der Waals surface area contributed by atoms with E-state index in [1.54, 1.807) is 13.0 Å². The van der Waals surface area contributed by atoms with E-state index in [0.29, 0.717) is 11.6 Å². The quantitative estimate of drug-likeness (QED) is 0.599. The number of hydrogen-bond acceptors (Lipinski definition) is 5. The summed E-state index contributed by atoms with van der Waals surface area (Å²) in [6.07, 6.45) is 0. The zero-order valence-electron chi connectivity index (χ0n) is 8.74. The van der Waals surface area contributed by atoms with Gasteiger partial charge in [0.05, 0.1) is 12.2 Å². The molecule has 1 aliphatic heterocycles. The summed E-state index contributed by atoms with van der Waals surface area (Å²) in [6, 6.07) is 1.18. The van der Waals surface area contributed by atoms with Crippen LogP contribution in [0.25, 0.3) is 0 Å². The number of nitrogens with zero attached hydrogens (tertiary/aromatic N) is 1. The van der Waals surface area contributed by atoms with Crippen LogP contribution in [-0.2, 0) is 9.59 Å². The van der Waals surface area contributed by atoms with Crippen molar-refractivity contribution in [3.05, 3.63) is 11.8 Å². The Labute approximate surface area is 91.6 Å². The van der Waals surface area contributed by atoms with E-state index in [1.807, 2.05) is 0 Å². The fraction of sp³-hybridized carbons (Fsp3) is 0.444. The molecule has 7 heteroatoms. The number of aromatic nitrogens is 1. The standard InChI is InChI=1S/C9H12N4O3/c1-5-2-8(16-13-5)12-9(15)6-3-11-7(14)4-10-6/h2,6,10H,3-4H2,1H3,(H,11,14)(H,12,15). The van der Waals surface area contributed by atoms with Gasteiger partial charge in [0, 0.05) is 12.6 Å². The van der Waals surface area contributed by atoms with Crippen molar-refractivity contribution in [3.8, 4) is 0 Å². The molecule has 1 unspecified atom stereocenters. The van der Waals surface area contributed by atoms with Gasteiger partial charge in [0.15, 0.2) is 0 Å². The van der Waals surface area contributed by atoms with Crippen molar-refractivity contribution in [2.45, 2.75) is 13.0 Å². The lowest BCUT2D eigenvalue weighted by Crippen LogP contribution is -2.56. The van der Waals surface area contributed by atoms with Crippen LogP contribution in [0.2, 0.25) is 0 Å². The minimum atomic E-state index is -0.442. The van der Waals surface area contributed by atoms with Gasteiger partial charge in [0.2, 0.25) is 17.7 Å². The van der Waals surface area contributed by atoms with Crippen molar-refractivity contribution in [2.24, 2.45) is 0 Å². The minimum absolute atomic E-state index is 0.112. The second kappa shape index (κ2) is 4.31. The van der Waals surface area contributed by atoms with Crippen LogP contribution in [0, 0.1) is 6.92 Å². The Morgan fingerprint density at radius 1 is 1.69 bits per heavy atom. The van der Waals surface area contributed by atoms with Gasteiger partial charge in [-0.15, -0.1) is 0 Å². The van der Waals surface area contributed by atoms with Gasteiger partial charge in [0.1, 0.15) is 6.04 Å². The molecule has 0 spiro atoms. The molecular weight excluding hydrogens is 212 g/mol. The second-order valence-corrected chi connectivity index (χ2v) is 3.56. The van der Waals surface area contributed by atoms with Gasteiger partial charge in [-0.3, -0.25) is 20.2 Å². The molecule has 86 valence electrons. The number of carbonyl (C=O) groups is 2. The number of nitrogens with one attached hydrogen (secondary N) is 3. The molecule has 16 heavy (non-hydrogen) atoms. The average Bonchev–Trinajstić information content (AvgIpc) is 2.65. The Morgan fingerprint density at radius 3 is 3.06 bits per heavy atom. The zero-order chi connectivity index (χ0) is 11.5. The van der Waals surface area contributed by atoms with E-state index in [0.717, 1.165) is 0 Å². The number of rotatable bonds is 2. The van der Waals surface area contributed by atoms with Crippen molar-refractivity contribution in [2.75, 3.05) is 18.4 Å². The zero-order valence-corrected chi connectivity index (χ0v) is 8.74. The van der Waals surface area contributed by atoms with Crippen LogP contribution in [0.1, 0.15) is 5.69 Å². The summed E-state index contributed by atoms with van der Waals surface area (Å²) >= 11 is 0. The lowest BCUT2D eigenvalue weighted by molar-refractivity contribution is -0.124. The molecule has 1 atom stereocenters. The highest BCUT2D eigenvalue weighted by molar-refractivity contribution is 5.95. The first kappa shape index (κ1) is 10.6. The number of anilines is 1. The van der Waals surface area contributed by atoms with Crippen LogP contribution in [0.15, 0.2) is 10.6 Å². The molecule has 1 aromatic rings. The van der Waals surface area contributed by atoms with Crippen LogP contribution in [0.3, 0.4) is 0 Å². The molecule has 1 fully saturated rings. The van der Waals surface area contributed by atoms with E-state index < -0.39 is 6.04 Å². The van der Waals surface area contributed by atoms with Crippen LogP contribution in [0.4, 0.5) is 5.88 Å². The minimum Gasteiger partial charge on any atom is -0.353 e. The molecule has 7 nitrogen and oxygen atoms in total. The number of hydrogen-bond donors (Lipinski definition) is 3. The Balaban J connectivity index is 1.91. The molecule has 0 aromatic carbocycles. The lowest BCUT2D eigenvalue weighted by atomic mass is 10.2. The predicted octanol–water partition coefficient (Wildman–Crippen LogP) is -0.990. The van der Waals surface area contributed by atoms with Crippen LogP contribution < -0.4 is 16.0 Å². The molecule has 0 saturated carbocycles. The third-order valence-corrected chi connectivity index (χ3v) is 2.20. The molecule has 0 bridgehead atoms. The van der Waals surface area contributed by atoms with Gasteiger partial charge in [-0.2, -0.15) is 0 Å². The van der Waals surface area contributed by atoms with E-state index in [9.17, 15) is 9.59 Å². The number of carbonyl (C=O) groups excluding carboxylic acids is 2. The smallest absolute Gasteiger partial charge is 0.245 e. The number of amides is 2. The van der Waals surface area contributed by atoms with Crippen LogP contribution in [-0.4, -0.2) is 36.1 Å². The number of piperazine rings is 1. The first-order valence-electron chi connectivity index (χ1n) is 4.89. The first-order valence-corrected chi connectivity index (χ1v) is 4.89. The Bertz CT molecular complexity index is 405. The van der Waals surface area contributed by atoms with Gasteiger partial charge < -0.3 is 9.84 Å². The molecule has 2 heterocycles. The van der Waals surface area contributed by atoms with Gasteiger partial charge in [-0.25, -0.2) is 0 Å². The summed E-state index contributed by atoms with van der Waals surface area (Å²) in [4.78, 5) is 22.5. The van der Waals surface area contributed by atoms with Crippen LogP contribution >= 0.6 is 0 Å². The number of aryl methyl sites for hydroxylation is 1. The highest BCUT2D eigenvalue weighted by atomic mass is 16.5. The first-order chi connectivity index (χ1) is 7.65. The van der Waals surface area contributed by atoms with Gasteiger partial charge >= 0.3 is 0 Å².